The fourth-order valence-electron chi connectivity index (χ4n) is 4.64. The molecule has 2 aromatic carbocycles. The molecule has 0 radical (unpaired) electrons. The summed E-state index contributed by atoms with van der Waals surface area (Å²) in [7, 11) is 0. The Labute approximate surface area is 191 Å². The standard InChI is InChI=1S/C25H24N4O4/c1-16-23-20(27-26-18-11-13-19(14-12-18)29(31)32)8-4-10-22(23)33-24(16)25(30)28-15-5-7-17-6-2-3-9-21(17)28/h2-3,6,9,11-14,26H,4-5,7-8,10,15H2,1H3/b27-20+. The van der Waals surface area contributed by atoms with E-state index in [-0.39, 0.29) is 11.6 Å². The summed E-state index contributed by atoms with van der Waals surface area (Å²) in [5.74, 6) is 1.05. The van der Waals surface area contributed by atoms with Gasteiger partial charge in [-0.1, -0.05) is 18.2 Å². The van der Waals surface area contributed by atoms with Gasteiger partial charge in [-0.15, -0.1) is 0 Å². The molecule has 0 atom stereocenters. The lowest BCUT2D eigenvalue weighted by atomic mass is 9.93. The Bertz CT molecular complexity index is 1260. The number of carbonyl (C=O) groups excluding carboxylic acids is 1. The number of aryl methyl sites for hydroxylation is 2. The van der Waals surface area contributed by atoms with Crippen LogP contribution in [0.2, 0.25) is 0 Å². The van der Waals surface area contributed by atoms with Crippen molar-refractivity contribution >= 4 is 28.7 Å². The molecule has 1 aliphatic carbocycles. The number of anilines is 2. The van der Waals surface area contributed by atoms with E-state index in [1.165, 1.54) is 17.7 Å². The van der Waals surface area contributed by atoms with Crippen molar-refractivity contribution in [1.82, 2.24) is 0 Å². The summed E-state index contributed by atoms with van der Waals surface area (Å²) in [6.45, 7) is 2.58. The Hall–Kier alpha value is -3.94. The number of benzene rings is 2. The molecule has 2 aliphatic rings. The topological polar surface area (TPSA) is 101 Å². The van der Waals surface area contributed by atoms with Crippen molar-refractivity contribution in [3.05, 3.63) is 86.9 Å². The molecule has 0 unspecified atom stereocenters. The van der Waals surface area contributed by atoms with Crippen molar-refractivity contribution in [1.29, 1.82) is 0 Å². The smallest absolute Gasteiger partial charge is 0.294 e. The third-order valence-electron chi connectivity index (χ3n) is 6.27. The molecule has 3 aromatic rings. The normalized spacial score (nSPS) is 16.3. The molecule has 33 heavy (non-hydrogen) atoms. The highest BCUT2D eigenvalue weighted by molar-refractivity contribution is 6.10. The Morgan fingerprint density at radius 3 is 2.67 bits per heavy atom. The van der Waals surface area contributed by atoms with Gasteiger partial charge in [0.2, 0.25) is 0 Å². The van der Waals surface area contributed by atoms with Crippen LogP contribution in [-0.2, 0) is 12.8 Å². The molecule has 0 saturated carbocycles. The van der Waals surface area contributed by atoms with Crippen LogP contribution >= 0.6 is 0 Å². The van der Waals surface area contributed by atoms with Crippen molar-refractivity contribution in [3.8, 4) is 0 Å². The molecule has 0 fully saturated rings. The highest BCUT2D eigenvalue weighted by Crippen LogP contribution is 2.34. The van der Waals surface area contributed by atoms with Gasteiger partial charge in [0.25, 0.3) is 11.6 Å². The first-order chi connectivity index (χ1) is 16.0. The first-order valence-electron chi connectivity index (χ1n) is 11.1. The van der Waals surface area contributed by atoms with Crippen LogP contribution in [-0.4, -0.2) is 23.1 Å². The number of furan rings is 1. The molecule has 1 aromatic heterocycles. The van der Waals surface area contributed by atoms with Crippen LogP contribution in [0.4, 0.5) is 17.1 Å². The van der Waals surface area contributed by atoms with Gasteiger partial charge < -0.3 is 9.32 Å². The summed E-state index contributed by atoms with van der Waals surface area (Å²) in [5.41, 5.74) is 8.34. The second kappa shape index (κ2) is 8.54. The molecule has 2 heterocycles. The van der Waals surface area contributed by atoms with Crippen LogP contribution in [0.15, 0.2) is 58.0 Å². The van der Waals surface area contributed by atoms with E-state index >= 15 is 0 Å². The highest BCUT2D eigenvalue weighted by atomic mass is 16.6. The second-order valence-electron chi connectivity index (χ2n) is 8.37. The molecule has 0 saturated heterocycles. The average molecular weight is 444 g/mol. The van der Waals surface area contributed by atoms with E-state index < -0.39 is 4.92 Å². The molecule has 1 amide bonds. The minimum absolute atomic E-state index is 0.0290. The van der Waals surface area contributed by atoms with E-state index in [4.69, 9.17) is 4.42 Å². The number of amides is 1. The van der Waals surface area contributed by atoms with E-state index in [2.05, 4.69) is 16.6 Å². The first-order valence-corrected chi connectivity index (χ1v) is 11.1. The fourth-order valence-corrected chi connectivity index (χ4v) is 4.64. The van der Waals surface area contributed by atoms with Gasteiger partial charge in [-0.05, 0) is 56.4 Å². The predicted octanol–water partition coefficient (Wildman–Crippen LogP) is 5.24. The Balaban J connectivity index is 1.43. The molecule has 0 spiro atoms. The Morgan fingerprint density at radius 1 is 1.09 bits per heavy atom. The van der Waals surface area contributed by atoms with Gasteiger partial charge in [0.1, 0.15) is 5.76 Å². The van der Waals surface area contributed by atoms with Crippen LogP contribution in [0.25, 0.3) is 0 Å². The van der Waals surface area contributed by atoms with Gasteiger partial charge in [0.15, 0.2) is 5.76 Å². The van der Waals surface area contributed by atoms with Gasteiger partial charge in [0, 0.05) is 41.9 Å². The number of rotatable bonds is 4. The number of nitro groups is 1. The first kappa shape index (κ1) is 20.9. The molecule has 0 bridgehead atoms. The quantitative estimate of drug-likeness (QED) is 0.438. The molecule has 1 N–H and O–H groups in total. The lowest BCUT2D eigenvalue weighted by molar-refractivity contribution is -0.384. The number of fused-ring (bicyclic) bond motifs is 2. The lowest BCUT2D eigenvalue weighted by Crippen LogP contribution is -2.35. The van der Waals surface area contributed by atoms with E-state index in [1.54, 1.807) is 12.1 Å². The number of hydrazone groups is 1. The van der Waals surface area contributed by atoms with Crippen molar-refractivity contribution in [2.75, 3.05) is 16.9 Å². The molecule has 168 valence electrons. The third-order valence-corrected chi connectivity index (χ3v) is 6.27. The SMILES string of the molecule is Cc1c(C(=O)N2CCCc3ccccc32)oc2c1/C(=N/Nc1ccc([N+](=O)[O-])cc1)CCC2. The summed E-state index contributed by atoms with van der Waals surface area (Å²) in [6.07, 6.45) is 4.29. The third kappa shape index (κ3) is 3.88. The van der Waals surface area contributed by atoms with Crippen LogP contribution in [0.5, 0.6) is 0 Å². The van der Waals surface area contributed by atoms with Crippen LogP contribution in [0, 0.1) is 17.0 Å². The number of hydrogen-bond donors (Lipinski definition) is 1. The number of nitrogens with one attached hydrogen (secondary N) is 1. The van der Waals surface area contributed by atoms with E-state index in [0.29, 0.717) is 18.0 Å². The summed E-state index contributed by atoms with van der Waals surface area (Å²) in [5, 5.41) is 15.4. The number of non-ortho nitro benzene ring substituents is 1. The van der Waals surface area contributed by atoms with Crippen molar-refractivity contribution in [2.45, 2.75) is 39.0 Å². The van der Waals surface area contributed by atoms with Gasteiger partial charge in [-0.3, -0.25) is 20.3 Å². The predicted molar refractivity (Wildman–Crippen MR) is 126 cm³/mol. The maximum Gasteiger partial charge on any atom is 0.294 e. The molecule has 5 rings (SSSR count). The van der Waals surface area contributed by atoms with E-state index in [9.17, 15) is 14.9 Å². The van der Waals surface area contributed by atoms with E-state index in [0.717, 1.165) is 60.4 Å². The number of hydrogen-bond acceptors (Lipinski definition) is 6. The Kier molecular flexibility index (Phi) is 5.42. The molecular formula is C25H24N4O4. The zero-order valence-electron chi connectivity index (χ0n) is 18.3. The highest BCUT2D eigenvalue weighted by Gasteiger charge is 2.32. The number of carbonyl (C=O) groups is 1. The van der Waals surface area contributed by atoms with Gasteiger partial charge in [-0.25, -0.2) is 0 Å². The molecular weight excluding hydrogens is 420 g/mol. The maximum absolute atomic E-state index is 13.5. The number of nitrogens with zero attached hydrogens (tertiary/aromatic N) is 3. The molecule has 8 nitrogen and oxygen atoms in total. The van der Waals surface area contributed by atoms with E-state index in [1.807, 2.05) is 30.0 Å². The average Bonchev–Trinajstić information content (AvgIpc) is 3.19. The molecule has 1 aliphatic heterocycles. The van der Waals surface area contributed by atoms with Crippen molar-refractivity contribution in [2.24, 2.45) is 5.10 Å². The minimum atomic E-state index is -0.433. The zero-order valence-corrected chi connectivity index (χ0v) is 18.3. The van der Waals surface area contributed by atoms with Crippen molar-refractivity contribution in [3.63, 3.8) is 0 Å². The summed E-state index contributed by atoms with van der Waals surface area (Å²) in [4.78, 5) is 25.7. The summed E-state index contributed by atoms with van der Waals surface area (Å²) in [6, 6.07) is 14.1. The zero-order chi connectivity index (χ0) is 22.9. The van der Waals surface area contributed by atoms with Gasteiger partial charge >= 0.3 is 0 Å². The fraction of sp³-hybridized carbons (Fsp3) is 0.280. The minimum Gasteiger partial charge on any atom is -0.455 e. The second-order valence-corrected chi connectivity index (χ2v) is 8.37. The summed E-state index contributed by atoms with van der Waals surface area (Å²) < 4.78 is 6.12. The Morgan fingerprint density at radius 2 is 1.88 bits per heavy atom. The van der Waals surface area contributed by atoms with Crippen molar-refractivity contribution < 1.29 is 14.1 Å². The number of nitro benzene ring substituents is 1. The van der Waals surface area contributed by atoms with Crippen LogP contribution in [0.1, 0.15) is 52.3 Å². The van der Waals surface area contributed by atoms with Crippen LogP contribution < -0.4 is 10.3 Å². The monoisotopic (exact) mass is 444 g/mol. The van der Waals surface area contributed by atoms with Crippen LogP contribution in [0.3, 0.4) is 0 Å². The van der Waals surface area contributed by atoms with Gasteiger partial charge in [-0.2, -0.15) is 5.10 Å². The maximum atomic E-state index is 13.5. The lowest BCUT2D eigenvalue weighted by Gasteiger charge is -2.28. The number of para-hydroxylation sites is 1. The molecule has 8 heteroatoms. The van der Waals surface area contributed by atoms with Gasteiger partial charge in [0.05, 0.1) is 16.3 Å². The largest absolute Gasteiger partial charge is 0.455 e. The summed E-state index contributed by atoms with van der Waals surface area (Å²) >= 11 is 0.